The Morgan fingerprint density at radius 2 is 1.80 bits per heavy atom. The van der Waals surface area contributed by atoms with Crippen LogP contribution in [-0.2, 0) is 18.3 Å². The SMILES string of the molecule is Cc1ccc(C(=O)OCC(=O)c2cc(C)n(CCC(C)C)c2C)n1C. The number of ketones is 1. The smallest absolute Gasteiger partial charge is 0.355 e. The molecule has 0 aliphatic rings. The highest BCUT2D eigenvalue weighted by molar-refractivity contribution is 6.00. The fraction of sp³-hybridized carbons (Fsp3) is 0.500. The van der Waals surface area contributed by atoms with Crippen molar-refractivity contribution in [2.24, 2.45) is 13.0 Å². The highest BCUT2D eigenvalue weighted by Gasteiger charge is 2.19. The average Bonchev–Trinajstić information content (AvgIpc) is 3.03. The number of carbonyl (C=O) groups excluding carboxylic acids is 2. The highest BCUT2D eigenvalue weighted by atomic mass is 16.5. The number of aromatic nitrogens is 2. The lowest BCUT2D eigenvalue weighted by Crippen LogP contribution is -2.17. The first kappa shape index (κ1) is 19.0. The number of rotatable bonds is 7. The topological polar surface area (TPSA) is 53.2 Å². The van der Waals surface area contributed by atoms with Crippen LogP contribution in [0.3, 0.4) is 0 Å². The van der Waals surface area contributed by atoms with Gasteiger partial charge < -0.3 is 13.9 Å². The quantitative estimate of drug-likeness (QED) is 0.566. The van der Waals surface area contributed by atoms with E-state index in [-0.39, 0.29) is 12.4 Å². The second kappa shape index (κ2) is 7.72. The van der Waals surface area contributed by atoms with Crippen LogP contribution >= 0.6 is 0 Å². The second-order valence-corrected chi connectivity index (χ2v) is 7.04. The molecule has 2 heterocycles. The Morgan fingerprint density at radius 3 is 2.36 bits per heavy atom. The zero-order valence-corrected chi connectivity index (χ0v) is 16.0. The third kappa shape index (κ3) is 4.21. The molecule has 2 aromatic heterocycles. The molecule has 0 aliphatic heterocycles. The maximum absolute atomic E-state index is 12.5. The maximum Gasteiger partial charge on any atom is 0.355 e. The Balaban J connectivity index is 2.05. The van der Waals surface area contributed by atoms with E-state index >= 15 is 0 Å². The van der Waals surface area contributed by atoms with Crippen LogP contribution in [0.1, 0.15) is 58.2 Å². The molecule has 0 aromatic carbocycles. The zero-order valence-electron chi connectivity index (χ0n) is 16.0. The number of nitrogens with zero attached hydrogens (tertiary/aromatic N) is 2. The van der Waals surface area contributed by atoms with Gasteiger partial charge in [-0.3, -0.25) is 4.79 Å². The lowest BCUT2D eigenvalue weighted by Gasteiger charge is -2.11. The monoisotopic (exact) mass is 344 g/mol. The Bertz CT molecular complexity index is 781. The van der Waals surface area contributed by atoms with Gasteiger partial charge in [-0.15, -0.1) is 0 Å². The number of hydrogen-bond acceptors (Lipinski definition) is 3. The lowest BCUT2D eigenvalue weighted by molar-refractivity contribution is 0.0465. The van der Waals surface area contributed by atoms with Gasteiger partial charge in [0.2, 0.25) is 5.78 Å². The number of ether oxygens (including phenoxy) is 1. The van der Waals surface area contributed by atoms with E-state index in [1.165, 1.54) is 0 Å². The molecule has 0 spiro atoms. The van der Waals surface area contributed by atoms with Crippen molar-refractivity contribution in [2.75, 3.05) is 6.61 Å². The number of carbonyl (C=O) groups is 2. The van der Waals surface area contributed by atoms with Crippen molar-refractivity contribution < 1.29 is 14.3 Å². The van der Waals surface area contributed by atoms with Crippen molar-refractivity contribution in [3.63, 3.8) is 0 Å². The van der Waals surface area contributed by atoms with Crippen LogP contribution in [0.5, 0.6) is 0 Å². The maximum atomic E-state index is 12.5. The predicted molar refractivity (Wildman–Crippen MR) is 98.1 cm³/mol. The molecular weight excluding hydrogens is 316 g/mol. The summed E-state index contributed by atoms with van der Waals surface area (Å²) in [5.41, 5.74) is 4.05. The molecule has 0 fully saturated rings. The van der Waals surface area contributed by atoms with E-state index in [9.17, 15) is 9.59 Å². The summed E-state index contributed by atoms with van der Waals surface area (Å²) in [4.78, 5) is 24.6. The fourth-order valence-electron chi connectivity index (χ4n) is 2.92. The first-order valence-corrected chi connectivity index (χ1v) is 8.71. The molecule has 5 heteroatoms. The van der Waals surface area contributed by atoms with Crippen LogP contribution in [0.4, 0.5) is 0 Å². The summed E-state index contributed by atoms with van der Waals surface area (Å²) in [5, 5.41) is 0. The predicted octanol–water partition coefficient (Wildman–Crippen LogP) is 3.84. The van der Waals surface area contributed by atoms with E-state index < -0.39 is 5.97 Å². The molecule has 136 valence electrons. The van der Waals surface area contributed by atoms with E-state index in [0.717, 1.165) is 30.0 Å². The van der Waals surface area contributed by atoms with E-state index in [1.54, 1.807) is 17.7 Å². The second-order valence-electron chi connectivity index (χ2n) is 7.04. The normalized spacial score (nSPS) is 11.2. The highest BCUT2D eigenvalue weighted by Crippen LogP contribution is 2.18. The molecule has 0 saturated carbocycles. The molecule has 0 N–H and O–H groups in total. The minimum Gasteiger partial charge on any atom is -0.453 e. The van der Waals surface area contributed by atoms with Crippen LogP contribution in [0.15, 0.2) is 18.2 Å². The van der Waals surface area contributed by atoms with Crippen molar-refractivity contribution in [2.45, 2.75) is 47.6 Å². The standard InChI is InChI=1S/C20H28N2O3/c1-13(2)9-10-22-15(4)11-17(16(22)5)19(23)12-25-20(24)18-8-7-14(3)21(18)6/h7-8,11,13H,9-10,12H2,1-6H3. The third-order valence-electron chi connectivity index (χ3n) is 4.72. The lowest BCUT2D eigenvalue weighted by atomic mass is 10.1. The van der Waals surface area contributed by atoms with Gasteiger partial charge in [0.05, 0.1) is 0 Å². The molecule has 5 nitrogen and oxygen atoms in total. The van der Waals surface area contributed by atoms with Crippen molar-refractivity contribution in [3.05, 3.63) is 46.5 Å². The first-order chi connectivity index (χ1) is 11.7. The molecule has 0 saturated heterocycles. The van der Waals surface area contributed by atoms with Crippen LogP contribution in [-0.4, -0.2) is 27.5 Å². The summed E-state index contributed by atoms with van der Waals surface area (Å²) in [5.74, 6) is -0.0317. The Hall–Kier alpha value is -2.30. The van der Waals surface area contributed by atoms with Crippen molar-refractivity contribution in [3.8, 4) is 0 Å². The summed E-state index contributed by atoms with van der Waals surface area (Å²) in [6.45, 7) is 10.9. The number of esters is 1. The number of aryl methyl sites for hydroxylation is 2. The first-order valence-electron chi connectivity index (χ1n) is 8.71. The van der Waals surface area contributed by atoms with Crippen LogP contribution < -0.4 is 0 Å². The molecule has 0 radical (unpaired) electrons. The molecular formula is C20H28N2O3. The van der Waals surface area contributed by atoms with Crippen molar-refractivity contribution in [1.29, 1.82) is 0 Å². The number of hydrogen-bond donors (Lipinski definition) is 0. The summed E-state index contributed by atoms with van der Waals surface area (Å²) < 4.78 is 9.14. The van der Waals surface area contributed by atoms with E-state index in [2.05, 4.69) is 18.4 Å². The van der Waals surface area contributed by atoms with Gasteiger partial charge in [0, 0.05) is 36.2 Å². The van der Waals surface area contributed by atoms with Gasteiger partial charge in [-0.25, -0.2) is 4.79 Å². The fourth-order valence-corrected chi connectivity index (χ4v) is 2.92. The Morgan fingerprint density at radius 1 is 1.12 bits per heavy atom. The van der Waals surface area contributed by atoms with Crippen LogP contribution in [0.25, 0.3) is 0 Å². The summed E-state index contributed by atoms with van der Waals surface area (Å²) >= 11 is 0. The molecule has 25 heavy (non-hydrogen) atoms. The minimum absolute atomic E-state index is 0.164. The minimum atomic E-state index is -0.474. The van der Waals surface area contributed by atoms with Crippen molar-refractivity contribution >= 4 is 11.8 Å². The number of Topliss-reactive ketones (excluding diaryl/α,β-unsaturated/α-hetero) is 1. The van der Waals surface area contributed by atoms with Crippen LogP contribution in [0, 0.1) is 26.7 Å². The van der Waals surface area contributed by atoms with Crippen molar-refractivity contribution in [1.82, 2.24) is 9.13 Å². The van der Waals surface area contributed by atoms with E-state index in [1.807, 2.05) is 32.9 Å². The Labute approximate surface area is 149 Å². The summed E-state index contributed by atoms with van der Waals surface area (Å²) in [6.07, 6.45) is 1.06. The third-order valence-corrected chi connectivity index (χ3v) is 4.72. The molecule has 0 bridgehead atoms. The van der Waals surface area contributed by atoms with Gasteiger partial charge in [-0.2, -0.15) is 0 Å². The van der Waals surface area contributed by atoms with Gasteiger partial charge in [0.1, 0.15) is 5.69 Å². The Kier molecular flexibility index (Phi) is 5.88. The summed E-state index contributed by atoms with van der Waals surface area (Å²) in [7, 11) is 1.80. The van der Waals surface area contributed by atoms with Crippen LogP contribution in [0.2, 0.25) is 0 Å². The van der Waals surface area contributed by atoms with Gasteiger partial charge >= 0.3 is 5.97 Å². The van der Waals surface area contributed by atoms with E-state index in [4.69, 9.17) is 4.74 Å². The summed E-state index contributed by atoms with van der Waals surface area (Å²) in [6, 6.07) is 5.44. The molecule has 0 amide bonds. The molecule has 0 aliphatic carbocycles. The van der Waals surface area contributed by atoms with Gasteiger partial charge in [0.25, 0.3) is 0 Å². The van der Waals surface area contributed by atoms with Gasteiger partial charge in [0.15, 0.2) is 6.61 Å². The molecule has 0 atom stereocenters. The average molecular weight is 344 g/mol. The molecule has 0 unspecified atom stereocenters. The molecule has 2 aromatic rings. The van der Waals surface area contributed by atoms with E-state index in [0.29, 0.717) is 17.2 Å². The largest absolute Gasteiger partial charge is 0.453 e. The van der Waals surface area contributed by atoms with Gasteiger partial charge in [-0.1, -0.05) is 13.8 Å². The molecule has 2 rings (SSSR count). The zero-order chi connectivity index (χ0) is 18.7. The van der Waals surface area contributed by atoms with Gasteiger partial charge in [-0.05, 0) is 51.3 Å².